The Hall–Kier alpha value is -0.770. The van der Waals surface area contributed by atoms with Crippen LogP contribution in [0.1, 0.15) is 36.4 Å². The van der Waals surface area contributed by atoms with E-state index in [9.17, 15) is 5.11 Å². The smallest absolute Gasteiger partial charge is 0.120 e. The van der Waals surface area contributed by atoms with Gasteiger partial charge < -0.3 is 16.6 Å². The molecule has 1 aromatic rings. The molecule has 0 bridgehead atoms. The van der Waals surface area contributed by atoms with Crippen LogP contribution in [0.4, 0.5) is 0 Å². The Morgan fingerprint density at radius 2 is 2.00 bits per heavy atom. The molecule has 0 aliphatic rings. The van der Waals surface area contributed by atoms with Gasteiger partial charge in [0.25, 0.3) is 0 Å². The van der Waals surface area contributed by atoms with Gasteiger partial charge in [0, 0.05) is 11.6 Å². The standard InChI is InChI=1S/C12H20N2O.ClH/c1-9-5-6-12(15)10(8-9)11(14)4-2-3-7-13;/h5-6,8,11,15H,2-4,7,13-14H2,1H3;1H/t11-;/m1./s1. The van der Waals surface area contributed by atoms with E-state index in [0.717, 1.165) is 30.4 Å². The SMILES string of the molecule is Cc1ccc(O)c([C@H](N)CCCCN)c1.Cl. The van der Waals surface area contributed by atoms with E-state index in [2.05, 4.69) is 0 Å². The lowest BCUT2D eigenvalue weighted by Crippen LogP contribution is -2.11. The molecule has 3 nitrogen and oxygen atoms in total. The van der Waals surface area contributed by atoms with Crippen LogP contribution in [-0.2, 0) is 0 Å². The summed E-state index contributed by atoms with van der Waals surface area (Å²) in [6.07, 6.45) is 2.86. The highest BCUT2D eigenvalue weighted by Crippen LogP contribution is 2.26. The molecule has 0 fully saturated rings. The quantitative estimate of drug-likeness (QED) is 0.696. The average molecular weight is 245 g/mol. The van der Waals surface area contributed by atoms with Crippen molar-refractivity contribution in [1.29, 1.82) is 0 Å². The molecule has 4 heteroatoms. The highest BCUT2D eigenvalue weighted by atomic mass is 35.5. The van der Waals surface area contributed by atoms with Crippen molar-refractivity contribution in [3.05, 3.63) is 29.3 Å². The number of aryl methyl sites for hydroxylation is 1. The first-order chi connectivity index (χ1) is 7.15. The summed E-state index contributed by atoms with van der Waals surface area (Å²) in [6.45, 7) is 2.70. The summed E-state index contributed by atoms with van der Waals surface area (Å²) in [4.78, 5) is 0. The third-order valence-corrected chi connectivity index (χ3v) is 2.55. The first kappa shape index (κ1) is 15.2. The maximum Gasteiger partial charge on any atom is 0.120 e. The Bertz CT molecular complexity index is 318. The van der Waals surface area contributed by atoms with Gasteiger partial charge in [-0.15, -0.1) is 12.4 Å². The maximum atomic E-state index is 9.66. The normalized spacial score (nSPS) is 11.9. The number of phenols is 1. The first-order valence-electron chi connectivity index (χ1n) is 5.40. The Morgan fingerprint density at radius 3 is 2.62 bits per heavy atom. The molecule has 16 heavy (non-hydrogen) atoms. The summed E-state index contributed by atoms with van der Waals surface area (Å²) in [7, 11) is 0. The molecule has 0 radical (unpaired) electrons. The zero-order valence-electron chi connectivity index (χ0n) is 9.65. The molecule has 1 atom stereocenters. The van der Waals surface area contributed by atoms with Crippen molar-refractivity contribution in [3.8, 4) is 5.75 Å². The molecule has 0 unspecified atom stereocenters. The minimum absolute atomic E-state index is 0. The third kappa shape index (κ3) is 4.39. The molecule has 0 amide bonds. The fraction of sp³-hybridized carbons (Fsp3) is 0.500. The molecule has 5 N–H and O–H groups in total. The Kier molecular flexibility index (Phi) is 7.13. The van der Waals surface area contributed by atoms with Gasteiger partial charge in [-0.25, -0.2) is 0 Å². The zero-order chi connectivity index (χ0) is 11.3. The summed E-state index contributed by atoms with van der Waals surface area (Å²) >= 11 is 0. The predicted molar refractivity (Wildman–Crippen MR) is 69.9 cm³/mol. The molecular weight excluding hydrogens is 224 g/mol. The van der Waals surface area contributed by atoms with Crippen LogP contribution in [0.25, 0.3) is 0 Å². The first-order valence-corrected chi connectivity index (χ1v) is 5.40. The van der Waals surface area contributed by atoms with E-state index in [1.807, 2.05) is 19.1 Å². The molecule has 92 valence electrons. The van der Waals surface area contributed by atoms with E-state index in [0.29, 0.717) is 12.3 Å². The molecule has 0 aromatic heterocycles. The Morgan fingerprint density at radius 1 is 1.31 bits per heavy atom. The van der Waals surface area contributed by atoms with E-state index < -0.39 is 0 Å². The van der Waals surface area contributed by atoms with Crippen LogP contribution in [0.15, 0.2) is 18.2 Å². The summed E-state index contributed by atoms with van der Waals surface area (Å²) < 4.78 is 0. The zero-order valence-corrected chi connectivity index (χ0v) is 10.5. The summed E-state index contributed by atoms with van der Waals surface area (Å²) in [5.41, 5.74) is 13.4. The lowest BCUT2D eigenvalue weighted by atomic mass is 9.99. The van der Waals surface area contributed by atoms with Crippen molar-refractivity contribution in [1.82, 2.24) is 0 Å². The minimum Gasteiger partial charge on any atom is -0.508 e. The fourth-order valence-electron chi connectivity index (χ4n) is 1.64. The van der Waals surface area contributed by atoms with Crippen molar-refractivity contribution in [2.24, 2.45) is 11.5 Å². The van der Waals surface area contributed by atoms with E-state index in [1.165, 1.54) is 0 Å². The molecule has 0 aliphatic carbocycles. The van der Waals surface area contributed by atoms with Gasteiger partial charge in [-0.3, -0.25) is 0 Å². The van der Waals surface area contributed by atoms with Crippen LogP contribution in [0.3, 0.4) is 0 Å². The number of unbranched alkanes of at least 4 members (excludes halogenated alkanes) is 1. The Balaban J connectivity index is 0.00000225. The van der Waals surface area contributed by atoms with Gasteiger partial charge in [0.2, 0.25) is 0 Å². The van der Waals surface area contributed by atoms with E-state index in [-0.39, 0.29) is 18.4 Å². The number of halogens is 1. The van der Waals surface area contributed by atoms with Crippen LogP contribution in [0.2, 0.25) is 0 Å². The maximum absolute atomic E-state index is 9.66. The van der Waals surface area contributed by atoms with Crippen LogP contribution in [-0.4, -0.2) is 11.7 Å². The van der Waals surface area contributed by atoms with Gasteiger partial charge in [-0.1, -0.05) is 24.1 Å². The van der Waals surface area contributed by atoms with Crippen LogP contribution >= 0.6 is 12.4 Å². The molecule has 0 heterocycles. The third-order valence-electron chi connectivity index (χ3n) is 2.55. The lowest BCUT2D eigenvalue weighted by Gasteiger charge is -2.14. The number of benzene rings is 1. The topological polar surface area (TPSA) is 72.3 Å². The number of nitrogens with two attached hydrogens (primary N) is 2. The van der Waals surface area contributed by atoms with Crippen LogP contribution < -0.4 is 11.5 Å². The van der Waals surface area contributed by atoms with Gasteiger partial charge in [0.15, 0.2) is 0 Å². The second kappa shape index (κ2) is 7.49. The van der Waals surface area contributed by atoms with Gasteiger partial charge in [-0.2, -0.15) is 0 Å². The van der Waals surface area contributed by atoms with Gasteiger partial charge in [0.1, 0.15) is 5.75 Å². The van der Waals surface area contributed by atoms with Gasteiger partial charge >= 0.3 is 0 Å². The minimum atomic E-state index is -0.0866. The van der Waals surface area contributed by atoms with Crippen molar-refractivity contribution in [3.63, 3.8) is 0 Å². The average Bonchev–Trinajstić information content (AvgIpc) is 2.22. The van der Waals surface area contributed by atoms with Gasteiger partial charge in [0.05, 0.1) is 0 Å². The molecule has 1 aromatic carbocycles. The second-order valence-electron chi connectivity index (χ2n) is 3.95. The highest BCUT2D eigenvalue weighted by Gasteiger charge is 2.10. The van der Waals surface area contributed by atoms with E-state index in [1.54, 1.807) is 6.07 Å². The molecule has 1 rings (SSSR count). The molecular formula is C12H21ClN2O. The van der Waals surface area contributed by atoms with Crippen LogP contribution in [0.5, 0.6) is 5.75 Å². The molecule has 0 aliphatic heterocycles. The fourth-order valence-corrected chi connectivity index (χ4v) is 1.64. The van der Waals surface area contributed by atoms with Crippen LogP contribution in [0, 0.1) is 6.92 Å². The molecule has 0 saturated carbocycles. The van der Waals surface area contributed by atoms with Crippen molar-refractivity contribution in [2.45, 2.75) is 32.2 Å². The highest BCUT2D eigenvalue weighted by molar-refractivity contribution is 5.85. The summed E-state index contributed by atoms with van der Waals surface area (Å²) in [5, 5.41) is 9.66. The summed E-state index contributed by atoms with van der Waals surface area (Å²) in [6, 6.07) is 5.44. The van der Waals surface area contributed by atoms with Crippen molar-refractivity contribution < 1.29 is 5.11 Å². The van der Waals surface area contributed by atoms with Crippen molar-refractivity contribution in [2.75, 3.05) is 6.54 Å². The largest absolute Gasteiger partial charge is 0.508 e. The van der Waals surface area contributed by atoms with Gasteiger partial charge in [-0.05, 0) is 32.4 Å². The van der Waals surface area contributed by atoms with E-state index >= 15 is 0 Å². The number of phenolic OH excluding ortho intramolecular Hbond substituents is 1. The lowest BCUT2D eigenvalue weighted by molar-refractivity contribution is 0.456. The van der Waals surface area contributed by atoms with Crippen molar-refractivity contribution >= 4 is 12.4 Å². The molecule has 0 saturated heterocycles. The predicted octanol–water partition coefficient (Wildman–Crippen LogP) is 2.25. The van der Waals surface area contributed by atoms with E-state index in [4.69, 9.17) is 11.5 Å². The number of rotatable bonds is 5. The molecule has 0 spiro atoms. The monoisotopic (exact) mass is 244 g/mol. The number of aromatic hydroxyl groups is 1. The number of hydrogen-bond acceptors (Lipinski definition) is 3. The summed E-state index contributed by atoms with van der Waals surface area (Å²) in [5.74, 6) is 0.292. The second-order valence-corrected chi connectivity index (χ2v) is 3.95. The Labute approximate surface area is 103 Å². The number of hydrogen-bond donors (Lipinski definition) is 3.